The number of hydrogen-bond acceptors (Lipinski definition) is 3. The van der Waals surface area contributed by atoms with Crippen molar-refractivity contribution >= 4 is 17.7 Å². The van der Waals surface area contributed by atoms with Crippen LogP contribution in [-0.2, 0) is 17.4 Å². The smallest absolute Gasteiger partial charge is 0.446 e. The summed E-state index contributed by atoms with van der Waals surface area (Å²) in [4.78, 5) is 10.3. The molecule has 0 bridgehead atoms. The molecular formula is C17H9F9O3S. The molecule has 164 valence electrons. The molecule has 13 heteroatoms. The largest absolute Gasteiger partial charge is 0.481 e. The van der Waals surface area contributed by atoms with Crippen LogP contribution in [-0.4, -0.2) is 16.6 Å². The predicted molar refractivity (Wildman–Crippen MR) is 85.7 cm³/mol. The standard InChI is InChI=1S/C17H9F9O3S/c18-10-6-9(16(21,22)23)13(19)14(20)15(10)29-8-2-3-11(30-17(24,25)26)7(5-8)1-4-12(27)28/h2-3,5-6H,1,4H2,(H,27,28). The van der Waals surface area contributed by atoms with Crippen LogP contribution >= 0.6 is 11.8 Å². The van der Waals surface area contributed by atoms with E-state index in [1.165, 1.54) is 0 Å². The number of aliphatic carboxylic acids is 1. The summed E-state index contributed by atoms with van der Waals surface area (Å²) < 4.78 is 122. The summed E-state index contributed by atoms with van der Waals surface area (Å²) in [5.41, 5.74) is -7.15. The van der Waals surface area contributed by atoms with E-state index in [1.807, 2.05) is 0 Å². The molecule has 0 aliphatic rings. The van der Waals surface area contributed by atoms with Crippen molar-refractivity contribution < 1.29 is 54.2 Å². The zero-order valence-electron chi connectivity index (χ0n) is 14.3. The minimum absolute atomic E-state index is 0.217. The van der Waals surface area contributed by atoms with Crippen LogP contribution in [0.4, 0.5) is 39.5 Å². The summed E-state index contributed by atoms with van der Waals surface area (Å²) in [6.07, 6.45) is -6.39. The topological polar surface area (TPSA) is 46.5 Å². The third-order valence-corrected chi connectivity index (χ3v) is 4.36. The van der Waals surface area contributed by atoms with Crippen molar-refractivity contribution in [3.05, 3.63) is 52.8 Å². The summed E-state index contributed by atoms with van der Waals surface area (Å²) >= 11 is -0.574. The van der Waals surface area contributed by atoms with Crippen LogP contribution in [0.3, 0.4) is 0 Å². The summed E-state index contributed by atoms with van der Waals surface area (Å²) in [6.45, 7) is 0. The molecule has 0 amide bonds. The minimum Gasteiger partial charge on any atom is -0.481 e. The average Bonchev–Trinajstić information content (AvgIpc) is 2.59. The molecule has 0 atom stereocenters. The fourth-order valence-electron chi connectivity index (χ4n) is 2.28. The highest BCUT2D eigenvalue weighted by Gasteiger charge is 2.38. The van der Waals surface area contributed by atoms with Gasteiger partial charge in [0.15, 0.2) is 11.6 Å². The first kappa shape index (κ1) is 23.7. The van der Waals surface area contributed by atoms with E-state index in [4.69, 9.17) is 9.84 Å². The van der Waals surface area contributed by atoms with Gasteiger partial charge < -0.3 is 9.84 Å². The summed E-state index contributed by atoms with van der Waals surface area (Å²) in [5, 5.41) is 8.70. The summed E-state index contributed by atoms with van der Waals surface area (Å²) in [7, 11) is 0. The van der Waals surface area contributed by atoms with Gasteiger partial charge in [0.05, 0.1) is 5.56 Å². The second-order valence-corrected chi connectivity index (χ2v) is 6.78. The lowest BCUT2D eigenvalue weighted by molar-refractivity contribution is -0.140. The number of thioether (sulfide) groups is 1. The van der Waals surface area contributed by atoms with E-state index in [-0.39, 0.29) is 11.6 Å². The lowest BCUT2D eigenvalue weighted by Gasteiger charge is -2.15. The number of hydrogen-bond donors (Lipinski definition) is 1. The van der Waals surface area contributed by atoms with Gasteiger partial charge in [-0.05, 0) is 48.0 Å². The number of halogens is 9. The van der Waals surface area contributed by atoms with Crippen molar-refractivity contribution in [3.63, 3.8) is 0 Å². The van der Waals surface area contributed by atoms with Gasteiger partial charge in [-0.25, -0.2) is 8.78 Å². The fourth-order valence-corrected chi connectivity index (χ4v) is 2.95. The van der Waals surface area contributed by atoms with Gasteiger partial charge in [0, 0.05) is 11.3 Å². The van der Waals surface area contributed by atoms with Crippen LogP contribution in [0.15, 0.2) is 29.2 Å². The van der Waals surface area contributed by atoms with E-state index in [9.17, 15) is 44.3 Å². The molecular weight excluding hydrogens is 455 g/mol. The van der Waals surface area contributed by atoms with Gasteiger partial charge in [0.1, 0.15) is 5.75 Å². The second-order valence-electron chi connectivity index (χ2n) is 5.67. The highest BCUT2D eigenvalue weighted by atomic mass is 32.2. The second kappa shape index (κ2) is 8.66. The summed E-state index contributed by atoms with van der Waals surface area (Å²) in [6, 6.07) is 2.13. The molecule has 2 rings (SSSR count). The Morgan fingerprint density at radius 2 is 1.63 bits per heavy atom. The van der Waals surface area contributed by atoms with Crippen molar-refractivity contribution in [2.45, 2.75) is 29.4 Å². The number of rotatable bonds is 6. The third-order valence-electron chi connectivity index (χ3n) is 3.51. The molecule has 0 saturated carbocycles. The number of alkyl halides is 6. The molecule has 0 heterocycles. The maximum absolute atomic E-state index is 13.9. The molecule has 3 nitrogen and oxygen atoms in total. The minimum atomic E-state index is -5.38. The Balaban J connectivity index is 2.44. The zero-order chi connectivity index (χ0) is 22.9. The van der Waals surface area contributed by atoms with Crippen LogP contribution in [0, 0.1) is 17.5 Å². The van der Waals surface area contributed by atoms with E-state index in [1.54, 1.807) is 0 Å². The summed E-state index contributed by atoms with van der Waals surface area (Å²) in [5.74, 6) is -10.0. The van der Waals surface area contributed by atoms with Crippen molar-refractivity contribution in [1.29, 1.82) is 0 Å². The lowest BCUT2D eigenvalue weighted by atomic mass is 10.1. The van der Waals surface area contributed by atoms with Gasteiger partial charge in [-0.15, -0.1) is 0 Å². The highest BCUT2D eigenvalue weighted by molar-refractivity contribution is 8.00. The first-order valence-corrected chi connectivity index (χ1v) is 8.53. The fraction of sp³-hybridized carbons (Fsp3) is 0.235. The Morgan fingerprint density at radius 3 is 2.17 bits per heavy atom. The maximum Gasteiger partial charge on any atom is 0.446 e. The number of carboxylic acid groups (broad SMARTS) is 1. The van der Waals surface area contributed by atoms with Crippen LogP contribution in [0.5, 0.6) is 11.5 Å². The quantitative estimate of drug-likeness (QED) is 0.300. The molecule has 0 saturated heterocycles. The molecule has 2 aromatic rings. The van der Waals surface area contributed by atoms with Crippen LogP contribution < -0.4 is 4.74 Å². The number of carbonyl (C=O) groups is 1. The van der Waals surface area contributed by atoms with Crippen molar-refractivity contribution in [2.24, 2.45) is 0 Å². The van der Waals surface area contributed by atoms with Crippen molar-refractivity contribution in [1.82, 2.24) is 0 Å². The first-order valence-electron chi connectivity index (χ1n) is 7.72. The molecule has 1 N–H and O–H groups in total. The van der Waals surface area contributed by atoms with Gasteiger partial charge in [-0.2, -0.15) is 30.7 Å². The van der Waals surface area contributed by atoms with Gasteiger partial charge in [-0.1, -0.05) is 0 Å². The number of aryl methyl sites for hydroxylation is 1. The van der Waals surface area contributed by atoms with Crippen LogP contribution in [0.2, 0.25) is 0 Å². The molecule has 0 aliphatic carbocycles. The first-order chi connectivity index (χ1) is 13.7. The van der Waals surface area contributed by atoms with Crippen molar-refractivity contribution in [3.8, 4) is 11.5 Å². The maximum atomic E-state index is 13.9. The normalized spacial score (nSPS) is 12.2. The average molecular weight is 464 g/mol. The van der Waals surface area contributed by atoms with Gasteiger partial charge in [0.2, 0.25) is 11.6 Å². The predicted octanol–water partition coefficient (Wildman–Crippen LogP) is 6.54. The molecule has 0 fully saturated rings. The van der Waals surface area contributed by atoms with Gasteiger partial charge in [-0.3, -0.25) is 4.79 Å². The number of benzene rings is 2. The SMILES string of the molecule is O=C(O)CCc1cc(Oc2c(F)cc(C(F)(F)F)c(F)c2F)ccc1SC(F)(F)F. The molecule has 0 radical (unpaired) electrons. The van der Waals surface area contributed by atoms with E-state index in [0.717, 1.165) is 18.2 Å². The third kappa shape index (κ3) is 5.97. The van der Waals surface area contributed by atoms with Crippen LogP contribution in [0.25, 0.3) is 0 Å². The molecule has 0 aromatic heterocycles. The van der Waals surface area contributed by atoms with Crippen molar-refractivity contribution in [2.75, 3.05) is 0 Å². The van der Waals surface area contributed by atoms with Crippen LogP contribution in [0.1, 0.15) is 17.5 Å². The molecule has 0 aliphatic heterocycles. The molecule has 0 unspecified atom stereocenters. The van der Waals surface area contributed by atoms with Gasteiger partial charge >= 0.3 is 17.7 Å². The Kier molecular flexibility index (Phi) is 6.84. The molecule has 2 aromatic carbocycles. The molecule has 30 heavy (non-hydrogen) atoms. The van der Waals surface area contributed by atoms with E-state index in [2.05, 4.69) is 0 Å². The lowest BCUT2D eigenvalue weighted by Crippen LogP contribution is -2.11. The van der Waals surface area contributed by atoms with E-state index in [0.29, 0.717) is 0 Å². The van der Waals surface area contributed by atoms with Gasteiger partial charge in [0.25, 0.3) is 0 Å². The van der Waals surface area contributed by atoms with E-state index < -0.39 is 81.7 Å². The Labute approximate surface area is 166 Å². The Hall–Kier alpha value is -2.57. The highest BCUT2D eigenvalue weighted by Crippen LogP contribution is 2.42. The monoisotopic (exact) mass is 464 g/mol. The Morgan fingerprint density at radius 1 is 1.00 bits per heavy atom. The number of carboxylic acids is 1. The Bertz CT molecular complexity index is 955. The zero-order valence-corrected chi connectivity index (χ0v) is 15.1. The number of ether oxygens (including phenoxy) is 1. The molecule has 0 spiro atoms. The van der Waals surface area contributed by atoms with E-state index >= 15 is 0 Å².